The van der Waals surface area contributed by atoms with Crippen LogP contribution in [0.15, 0.2) is 52.3 Å². The molecule has 1 rings (SSSR count). The van der Waals surface area contributed by atoms with Gasteiger partial charge < -0.3 is 4.74 Å². The summed E-state index contributed by atoms with van der Waals surface area (Å²) in [4.78, 5) is 1.56. The van der Waals surface area contributed by atoms with Crippen LogP contribution in [0.4, 0.5) is 0 Å². The van der Waals surface area contributed by atoms with Crippen LogP contribution in [0.5, 0.6) is 0 Å². The van der Waals surface area contributed by atoms with Crippen LogP contribution in [0.3, 0.4) is 0 Å². The zero-order chi connectivity index (χ0) is 16.2. The van der Waals surface area contributed by atoms with Crippen LogP contribution < -0.4 is 0 Å². The van der Waals surface area contributed by atoms with Gasteiger partial charge in [-0.25, -0.2) is 4.21 Å². The summed E-state index contributed by atoms with van der Waals surface area (Å²) in [5.74, 6) is 2.42. The number of allylic oxidation sites excluding steroid dienone is 2. The van der Waals surface area contributed by atoms with Gasteiger partial charge in [-0.2, -0.15) is 0 Å². The van der Waals surface area contributed by atoms with E-state index in [1.807, 2.05) is 43.3 Å². The summed E-state index contributed by atoms with van der Waals surface area (Å²) in [5, 5.41) is 0. The molecule has 0 aromatic heterocycles. The molecule has 22 heavy (non-hydrogen) atoms. The third-order valence-corrected chi connectivity index (χ3v) is 4.47. The minimum atomic E-state index is -1.20. The average molecular weight is 316 g/mol. The molecule has 0 fully saturated rings. The Morgan fingerprint density at radius 3 is 2.73 bits per heavy atom. The molecule has 0 aliphatic carbocycles. The molecule has 0 saturated carbocycles. The minimum Gasteiger partial charge on any atom is -0.365 e. The summed E-state index contributed by atoms with van der Waals surface area (Å²) in [7, 11) is -1.20. The lowest BCUT2D eigenvalue weighted by Crippen LogP contribution is -1.98. The van der Waals surface area contributed by atoms with Crippen molar-refractivity contribution < 1.29 is 8.95 Å². The van der Waals surface area contributed by atoms with E-state index in [9.17, 15) is 4.21 Å². The monoisotopic (exact) mass is 316 g/mol. The van der Waals surface area contributed by atoms with Crippen LogP contribution in [0.2, 0.25) is 0 Å². The van der Waals surface area contributed by atoms with E-state index < -0.39 is 10.8 Å². The van der Waals surface area contributed by atoms with E-state index in [0.29, 0.717) is 6.61 Å². The summed E-state index contributed by atoms with van der Waals surface area (Å²) in [5.41, 5.74) is 1.15. The smallest absolute Gasteiger partial charge is 0.107 e. The Bertz CT molecular complexity index is 562. The van der Waals surface area contributed by atoms with Crippen LogP contribution in [0, 0.1) is 19.3 Å². The van der Waals surface area contributed by atoms with Crippen molar-refractivity contribution in [2.45, 2.75) is 38.0 Å². The Labute approximate surface area is 136 Å². The first-order chi connectivity index (χ1) is 10.7. The van der Waals surface area contributed by atoms with Gasteiger partial charge in [0.05, 0.1) is 17.4 Å². The highest BCUT2D eigenvalue weighted by molar-refractivity contribution is 7.89. The number of rotatable bonds is 9. The fourth-order valence-corrected chi connectivity index (χ4v) is 2.88. The fourth-order valence-electron chi connectivity index (χ4n) is 1.78. The van der Waals surface area contributed by atoms with E-state index in [1.165, 1.54) is 0 Å². The van der Waals surface area contributed by atoms with Gasteiger partial charge in [-0.3, -0.25) is 0 Å². The molecule has 0 heterocycles. The number of hydrogen-bond acceptors (Lipinski definition) is 2. The fraction of sp³-hybridized carbons (Fsp3) is 0.368. The first-order valence-corrected chi connectivity index (χ1v) is 8.70. The standard InChI is InChI=1S/C19H24O2S/c1-4-6-7-8-9-18(14-16-21-15-5-2)22(20)19-12-10-17(3)11-13-19/h2,8-14H,4,6-7,15-16H2,1,3H3/b9-8+,18-14-. The largest absolute Gasteiger partial charge is 0.365 e. The number of aryl methyl sites for hydroxylation is 1. The molecule has 0 N–H and O–H groups in total. The summed E-state index contributed by atoms with van der Waals surface area (Å²) in [6, 6.07) is 7.75. The second kappa shape index (κ2) is 11.0. The molecule has 0 spiro atoms. The predicted molar refractivity (Wildman–Crippen MR) is 94.0 cm³/mol. The molecule has 118 valence electrons. The summed E-state index contributed by atoms with van der Waals surface area (Å²) in [6.45, 7) is 4.81. The second-order valence-corrected chi connectivity index (χ2v) is 6.43. The molecule has 0 amide bonds. The van der Waals surface area contributed by atoms with E-state index >= 15 is 0 Å². The number of unbranched alkanes of at least 4 members (excludes halogenated alkanes) is 2. The minimum absolute atomic E-state index is 0.264. The molecule has 1 aromatic carbocycles. The number of benzene rings is 1. The molecule has 2 nitrogen and oxygen atoms in total. The van der Waals surface area contributed by atoms with E-state index in [4.69, 9.17) is 11.2 Å². The zero-order valence-electron chi connectivity index (χ0n) is 13.4. The van der Waals surface area contributed by atoms with Gasteiger partial charge in [0.15, 0.2) is 0 Å². The Morgan fingerprint density at radius 1 is 1.36 bits per heavy atom. The maximum absolute atomic E-state index is 12.7. The molecule has 3 heteroatoms. The molecule has 0 radical (unpaired) electrons. The Hall–Kier alpha value is -1.63. The van der Waals surface area contributed by atoms with E-state index in [2.05, 4.69) is 18.9 Å². The number of hydrogen-bond donors (Lipinski definition) is 0. The van der Waals surface area contributed by atoms with Crippen molar-refractivity contribution in [1.82, 2.24) is 0 Å². The lowest BCUT2D eigenvalue weighted by atomic mass is 10.2. The highest BCUT2D eigenvalue weighted by Crippen LogP contribution is 2.17. The Balaban J connectivity index is 2.83. The van der Waals surface area contributed by atoms with Crippen LogP contribution >= 0.6 is 0 Å². The molecule has 0 aliphatic rings. The van der Waals surface area contributed by atoms with Crippen LogP contribution in [0.1, 0.15) is 31.7 Å². The summed E-state index contributed by atoms with van der Waals surface area (Å²) in [6.07, 6.45) is 14.3. The summed E-state index contributed by atoms with van der Waals surface area (Å²) < 4.78 is 17.9. The lowest BCUT2D eigenvalue weighted by Gasteiger charge is -2.05. The molecule has 1 unspecified atom stereocenters. The van der Waals surface area contributed by atoms with Crippen molar-refractivity contribution in [3.05, 3.63) is 53.0 Å². The van der Waals surface area contributed by atoms with Crippen molar-refractivity contribution in [3.8, 4) is 12.3 Å². The van der Waals surface area contributed by atoms with Crippen molar-refractivity contribution in [3.63, 3.8) is 0 Å². The molecular weight excluding hydrogens is 292 g/mol. The van der Waals surface area contributed by atoms with Crippen LogP contribution in [-0.4, -0.2) is 17.4 Å². The average Bonchev–Trinajstić information content (AvgIpc) is 2.53. The van der Waals surface area contributed by atoms with E-state index in [0.717, 1.165) is 34.6 Å². The first-order valence-electron chi connectivity index (χ1n) is 7.55. The second-order valence-electron chi connectivity index (χ2n) is 4.95. The number of ether oxygens (including phenoxy) is 1. The third-order valence-electron chi connectivity index (χ3n) is 3.04. The Kier molecular flexibility index (Phi) is 9.21. The van der Waals surface area contributed by atoms with Gasteiger partial charge in [0.1, 0.15) is 6.61 Å². The van der Waals surface area contributed by atoms with Gasteiger partial charge in [-0.05, 0) is 37.6 Å². The maximum atomic E-state index is 12.7. The molecule has 1 aromatic rings. The first kappa shape index (κ1) is 18.4. The van der Waals surface area contributed by atoms with Crippen molar-refractivity contribution in [2.75, 3.05) is 13.2 Å². The predicted octanol–water partition coefficient (Wildman–Crippen LogP) is 4.38. The maximum Gasteiger partial charge on any atom is 0.107 e. The molecular formula is C19H24O2S. The van der Waals surface area contributed by atoms with Crippen molar-refractivity contribution in [1.29, 1.82) is 0 Å². The normalized spacial score (nSPS) is 13.2. The Morgan fingerprint density at radius 2 is 2.09 bits per heavy atom. The lowest BCUT2D eigenvalue weighted by molar-refractivity contribution is 0.199. The highest BCUT2D eigenvalue weighted by Gasteiger charge is 2.07. The molecule has 0 aliphatic heterocycles. The number of terminal acetylenes is 1. The molecule has 0 bridgehead atoms. The zero-order valence-corrected chi connectivity index (χ0v) is 14.2. The van der Waals surface area contributed by atoms with Crippen LogP contribution in [-0.2, 0) is 15.5 Å². The van der Waals surface area contributed by atoms with Crippen molar-refractivity contribution >= 4 is 10.8 Å². The van der Waals surface area contributed by atoms with Crippen molar-refractivity contribution in [2.24, 2.45) is 0 Å². The van der Waals surface area contributed by atoms with Gasteiger partial charge >= 0.3 is 0 Å². The highest BCUT2D eigenvalue weighted by atomic mass is 32.2. The SMILES string of the molecule is C#CCOC/C=C(/C=C/CCCC)S(=O)c1ccc(C)cc1. The topological polar surface area (TPSA) is 26.3 Å². The van der Waals surface area contributed by atoms with Gasteiger partial charge in [0.2, 0.25) is 0 Å². The van der Waals surface area contributed by atoms with Crippen LogP contribution in [0.25, 0.3) is 0 Å². The van der Waals surface area contributed by atoms with Gasteiger partial charge in [-0.1, -0.05) is 49.5 Å². The van der Waals surface area contributed by atoms with E-state index in [-0.39, 0.29) is 6.61 Å². The summed E-state index contributed by atoms with van der Waals surface area (Å²) >= 11 is 0. The van der Waals surface area contributed by atoms with Gasteiger partial charge in [0.25, 0.3) is 0 Å². The van der Waals surface area contributed by atoms with E-state index in [1.54, 1.807) is 0 Å². The van der Waals surface area contributed by atoms with Gasteiger partial charge in [0, 0.05) is 9.80 Å². The van der Waals surface area contributed by atoms with Gasteiger partial charge in [-0.15, -0.1) is 6.42 Å². The molecule has 1 atom stereocenters. The third kappa shape index (κ3) is 6.89. The quantitative estimate of drug-likeness (QED) is 0.384. The molecule has 0 saturated heterocycles.